The van der Waals surface area contributed by atoms with E-state index in [9.17, 15) is 22.4 Å². The number of likely N-dealkylation sites (N-methyl/N-ethyl adjacent to an activating group) is 1. The molecule has 13 heteroatoms. The van der Waals surface area contributed by atoms with Crippen LogP contribution in [0.15, 0.2) is 47.7 Å². The van der Waals surface area contributed by atoms with Crippen molar-refractivity contribution < 1.29 is 22.4 Å². The Morgan fingerprint density at radius 3 is 2.61 bits per heavy atom. The van der Waals surface area contributed by atoms with Crippen LogP contribution >= 0.6 is 0 Å². The lowest BCUT2D eigenvalue weighted by molar-refractivity contribution is -0.138. The number of nitrogens with two attached hydrogens (primary N) is 1. The first-order valence-electron chi connectivity index (χ1n) is 14.0. The van der Waals surface area contributed by atoms with Gasteiger partial charge in [-0.2, -0.15) is 17.6 Å². The minimum absolute atomic E-state index is 0.0469. The number of imidazole rings is 1. The Kier molecular flexibility index (Phi) is 10.5. The molecule has 1 aromatic carbocycles. The minimum atomic E-state index is -4.61. The largest absolute Gasteiger partial charge is 0.416 e. The number of aromatic amines is 1. The van der Waals surface area contributed by atoms with E-state index < -0.39 is 23.6 Å². The van der Waals surface area contributed by atoms with Gasteiger partial charge in [-0.15, -0.1) is 0 Å². The zero-order chi connectivity index (χ0) is 31.9. The summed E-state index contributed by atoms with van der Waals surface area (Å²) >= 11 is 0. The number of carbonyl (C=O) groups excluding carboxylic acids is 1. The smallest absolute Gasteiger partial charge is 0.384 e. The summed E-state index contributed by atoms with van der Waals surface area (Å²) in [7, 11) is 1.97. The van der Waals surface area contributed by atoms with Gasteiger partial charge in [0.1, 0.15) is 17.4 Å². The number of anilines is 1. The average molecular weight is 611 g/mol. The van der Waals surface area contributed by atoms with E-state index in [0.29, 0.717) is 42.9 Å². The van der Waals surface area contributed by atoms with Crippen LogP contribution in [0, 0.1) is 23.7 Å². The molecule has 3 aromatic rings. The van der Waals surface area contributed by atoms with E-state index in [4.69, 9.17) is 5.73 Å². The molecule has 1 aliphatic rings. The first-order valence-corrected chi connectivity index (χ1v) is 14.0. The molecule has 0 unspecified atom stereocenters. The molecule has 232 valence electrons. The molecule has 2 aromatic heterocycles. The molecule has 0 aliphatic carbocycles. The number of carbonyl (C=O) groups is 1. The number of aliphatic imine (C=N–C) groups is 1. The number of aromatic nitrogens is 3. The Morgan fingerprint density at radius 1 is 1.16 bits per heavy atom. The molecule has 1 fully saturated rings. The number of halogens is 4. The van der Waals surface area contributed by atoms with Crippen LogP contribution in [0.3, 0.4) is 0 Å². The first kappa shape index (κ1) is 32.4. The maximum Gasteiger partial charge on any atom is 0.416 e. The summed E-state index contributed by atoms with van der Waals surface area (Å²) in [6.45, 7) is 7.68. The van der Waals surface area contributed by atoms with Crippen LogP contribution in [-0.4, -0.2) is 76.3 Å². The SMILES string of the molecule is CC(C)CN=C(N)/C=C\c1ncc(C#Cc2cc(C(=O)Nc3ccc(CN4CCN(C)CC4)c(C(F)(F)F)c3)cnc2F)[nH]1. The van der Waals surface area contributed by atoms with Gasteiger partial charge in [-0.1, -0.05) is 25.8 Å². The molecule has 1 aliphatic heterocycles. The van der Waals surface area contributed by atoms with Gasteiger partial charge >= 0.3 is 6.18 Å². The second-order valence-corrected chi connectivity index (χ2v) is 10.9. The van der Waals surface area contributed by atoms with Crippen molar-refractivity contribution in [2.75, 3.05) is 45.1 Å². The zero-order valence-corrected chi connectivity index (χ0v) is 24.7. The van der Waals surface area contributed by atoms with E-state index in [1.165, 1.54) is 24.4 Å². The lowest BCUT2D eigenvalue weighted by atomic mass is 10.0. The van der Waals surface area contributed by atoms with Gasteiger partial charge in [0.25, 0.3) is 5.91 Å². The van der Waals surface area contributed by atoms with Gasteiger partial charge in [0.05, 0.1) is 22.9 Å². The standard InChI is InChI=1S/C31H34F4N8O/c1-20(2)16-37-27(36)8-9-28-38-18-25(40-28)7-4-21-14-23(17-39-29(21)32)30(44)41-24-6-5-22(26(15-24)31(33,34)35)19-43-12-10-42(3)11-13-43/h5-6,8-9,14-15,17-18,20H,10-13,16,19H2,1-3H3,(H2,36,37)(H,38,40)(H,41,44)/b9-8-. The molecule has 44 heavy (non-hydrogen) atoms. The van der Waals surface area contributed by atoms with Crippen LogP contribution in [-0.2, 0) is 12.7 Å². The number of pyridine rings is 1. The van der Waals surface area contributed by atoms with Crippen LogP contribution in [0.5, 0.6) is 0 Å². The number of alkyl halides is 3. The zero-order valence-electron chi connectivity index (χ0n) is 24.7. The predicted molar refractivity (Wildman–Crippen MR) is 161 cm³/mol. The van der Waals surface area contributed by atoms with Crippen LogP contribution in [0.1, 0.15) is 52.4 Å². The van der Waals surface area contributed by atoms with Crippen LogP contribution in [0.25, 0.3) is 6.08 Å². The lowest BCUT2D eigenvalue weighted by Gasteiger charge is -2.33. The Hall–Kier alpha value is -4.54. The number of nitrogens with one attached hydrogen (secondary N) is 2. The van der Waals surface area contributed by atoms with Gasteiger partial charge in [0.15, 0.2) is 0 Å². The molecule has 0 atom stereocenters. The topological polar surface area (TPSA) is 116 Å². The summed E-state index contributed by atoms with van der Waals surface area (Å²) in [4.78, 5) is 31.9. The van der Waals surface area contributed by atoms with Gasteiger partial charge in [0, 0.05) is 51.2 Å². The molecule has 0 radical (unpaired) electrons. The number of benzene rings is 1. The summed E-state index contributed by atoms with van der Waals surface area (Å²) in [6.07, 6.45) is 1.05. The van der Waals surface area contributed by atoms with Crippen molar-refractivity contribution in [3.05, 3.63) is 82.5 Å². The number of hydrogen-bond donors (Lipinski definition) is 3. The van der Waals surface area contributed by atoms with Gasteiger partial charge in [-0.3, -0.25) is 14.7 Å². The van der Waals surface area contributed by atoms with E-state index in [1.54, 1.807) is 12.2 Å². The Morgan fingerprint density at radius 2 is 1.91 bits per heavy atom. The van der Waals surface area contributed by atoms with Crippen molar-refractivity contribution in [2.24, 2.45) is 16.6 Å². The molecule has 0 saturated carbocycles. The number of hydrogen-bond acceptors (Lipinski definition) is 6. The van der Waals surface area contributed by atoms with Crippen molar-refractivity contribution in [1.82, 2.24) is 24.8 Å². The van der Waals surface area contributed by atoms with Gasteiger partial charge < -0.3 is 20.9 Å². The Labute approximate surface area is 253 Å². The number of rotatable bonds is 8. The van der Waals surface area contributed by atoms with E-state index in [1.807, 2.05) is 25.8 Å². The van der Waals surface area contributed by atoms with Gasteiger partial charge in [-0.25, -0.2) is 9.97 Å². The quantitative estimate of drug-likeness (QED) is 0.115. The highest BCUT2D eigenvalue weighted by Gasteiger charge is 2.34. The third kappa shape index (κ3) is 9.23. The first-order chi connectivity index (χ1) is 20.9. The number of nitrogens with zero attached hydrogens (tertiary/aromatic N) is 5. The van der Waals surface area contributed by atoms with Crippen molar-refractivity contribution in [3.63, 3.8) is 0 Å². The molecular formula is C31H34F4N8O. The van der Waals surface area contributed by atoms with Gasteiger partial charge in [-0.05, 0) is 54.8 Å². The highest BCUT2D eigenvalue weighted by molar-refractivity contribution is 6.04. The lowest BCUT2D eigenvalue weighted by Crippen LogP contribution is -2.44. The van der Waals surface area contributed by atoms with E-state index in [0.717, 1.165) is 25.4 Å². The molecular weight excluding hydrogens is 576 g/mol. The molecule has 4 N–H and O–H groups in total. The predicted octanol–water partition coefficient (Wildman–Crippen LogP) is 4.39. The maximum absolute atomic E-state index is 14.4. The van der Waals surface area contributed by atoms with Crippen LogP contribution in [0.4, 0.5) is 23.2 Å². The fourth-order valence-corrected chi connectivity index (χ4v) is 4.29. The molecule has 3 heterocycles. The maximum atomic E-state index is 14.4. The van der Waals surface area contributed by atoms with Crippen LogP contribution < -0.4 is 11.1 Å². The monoisotopic (exact) mass is 610 g/mol. The van der Waals surface area contributed by atoms with E-state index in [2.05, 4.69) is 42.0 Å². The van der Waals surface area contributed by atoms with E-state index >= 15 is 0 Å². The minimum Gasteiger partial charge on any atom is -0.384 e. The fourth-order valence-electron chi connectivity index (χ4n) is 4.29. The Balaban J connectivity index is 1.46. The fraction of sp³-hybridized carbons (Fsp3) is 0.355. The van der Waals surface area contributed by atoms with E-state index in [-0.39, 0.29) is 28.9 Å². The molecule has 0 spiro atoms. The number of amides is 1. The molecule has 9 nitrogen and oxygen atoms in total. The highest BCUT2D eigenvalue weighted by atomic mass is 19.4. The van der Waals surface area contributed by atoms with Crippen LogP contribution in [0.2, 0.25) is 0 Å². The second kappa shape index (κ2) is 14.3. The number of amidine groups is 1. The summed E-state index contributed by atoms with van der Waals surface area (Å²) in [5.74, 6) is 4.85. The highest BCUT2D eigenvalue weighted by Crippen LogP contribution is 2.34. The molecule has 0 bridgehead atoms. The summed E-state index contributed by atoms with van der Waals surface area (Å²) in [5, 5.41) is 2.46. The third-order valence-electron chi connectivity index (χ3n) is 6.74. The van der Waals surface area contributed by atoms with Gasteiger partial charge in [0.2, 0.25) is 5.95 Å². The molecule has 1 amide bonds. The molecule has 1 saturated heterocycles. The van der Waals surface area contributed by atoms with Crippen molar-refractivity contribution in [3.8, 4) is 11.8 Å². The second-order valence-electron chi connectivity index (χ2n) is 10.9. The van der Waals surface area contributed by atoms with Crippen molar-refractivity contribution in [2.45, 2.75) is 26.6 Å². The molecule has 4 rings (SSSR count). The van der Waals surface area contributed by atoms with Crippen molar-refractivity contribution >= 4 is 23.5 Å². The van der Waals surface area contributed by atoms with Crippen molar-refractivity contribution in [1.29, 1.82) is 0 Å². The average Bonchev–Trinajstić information content (AvgIpc) is 3.43. The normalized spacial score (nSPS) is 15.0. The summed E-state index contributed by atoms with van der Waals surface area (Å²) < 4.78 is 56.2. The number of H-pyrrole nitrogens is 1. The summed E-state index contributed by atoms with van der Waals surface area (Å²) in [5.41, 5.74) is 5.22. The summed E-state index contributed by atoms with van der Waals surface area (Å²) in [6, 6.07) is 4.89. The number of piperazine rings is 1. The third-order valence-corrected chi connectivity index (χ3v) is 6.74. The Bertz CT molecular complexity index is 1590.